The molecule has 1 aromatic heterocycles. The molecule has 0 atom stereocenters. The zero-order valence-corrected chi connectivity index (χ0v) is 15.5. The smallest absolute Gasteiger partial charge is 0.356 e. The molecule has 0 unspecified atom stereocenters. The molecule has 0 radical (unpaired) electrons. The Morgan fingerprint density at radius 2 is 1.78 bits per heavy atom. The first-order valence-corrected chi connectivity index (χ1v) is 8.81. The maximum atomic E-state index is 12.6. The summed E-state index contributed by atoms with van der Waals surface area (Å²) in [6.45, 7) is 2.48. The van der Waals surface area contributed by atoms with Gasteiger partial charge in [0.15, 0.2) is 5.69 Å². The molecule has 0 aliphatic heterocycles. The van der Waals surface area contributed by atoms with Crippen LogP contribution in [-0.4, -0.2) is 29.5 Å². The maximum Gasteiger partial charge on any atom is 0.356 e. The summed E-state index contributed by atoms with van der Waals surface area (Å²) in [5.41, 5.74) is 9.28. The predicted octanol–water partition coefficient (Wildman–Crippen LogP) is 3.29. The summed E-state index contributed by atoms with van der Waals surface area (Å²) in [4.78, 5) is 12.6. The SMILES string of the molecule is CCOC(=O)c1c(Cc2ccccc2)c(N)nn1Cc1ccc(OC)cc1. The van der Waals surface area contributed by atoms with Gasteiger partial charge < -0.3 is 15.2 Å². The van der Waals surface area contributed by atoms with E-state index in [1.807, 2.05) is 54.6 Å². The van der Waals surface area contributed by atoms with Gasteiger partial charge in [0, 0.05) is 12.0 Å². The monoisotopic (exact) mass is 365 g/mol. The van der Waals surface area contributed by atoms with Gasteiger partial charge >= 0.3 is 5.97 Å². The molecule has 0 saturated heterocycles. The number of methoxy groups -OCH3 is 1. The molecule has 0 aliphatic rings. The van der Waals surface area contributed by atoms with E-state index < -0.39 is 5.97 Å². The highest BCUT2D eigenvalue weighted by atomic mass is 16.5. The van der Waals surface area contributed by atoms with E-state index >= 15 is 0 Å². The van der Waals surface area contributed by atoms with Crippen LogP contribution in [0.4, 0.5) is 5.82 Å². The fourth-order valence-electron chi connectivity index (χ4n) is 2.94. The van der Waals surface area contributed by atoms with Gasteiger partial charge in [0.05, 0.1) is 20.3 Å². The summed E-state index contributed by atoms with van der Waals surface area (Å²) in [5, 5.41) is 4.41. The number of nitrogens with two attached hydrogens (primary N) is 1. The van der Waals surface area contributed by atoms with Crippen LogP contribution < -0.4 is 10.5 Å². The third-order valence-corrected chi connectivity index (χ3v) is 4.27. The lowest BCUT2D eigenvalue weighted by atomic mass is 10.0. The Morgan fingerprint density at radius 1 is 1.07 bits per heavy atom. The van der Waals surface area contributed by atoms with Gasteiger partial charge in [-0.2, -0.15) is 5.10 Å². The van der Waals surface area contributed by atoms with Gasteiger partial charge in [-0.25, -0.2) is 4.79 Å². The molecule has 1 heterocycles. The van der Waals surface area contributed by atoms with Crippen LogP contribution in [0.2, 0.25) is 0 Å². The third kappa shape index (κ3) is 4.28. The number of carbonyl (C=O) groups is 1. The fourth-order valence-corrected chi connectivity index (χ4v) is 2.94. The summed E-state index contributed by atoms with van der Waals surface area (Å²) in [7, 11) is 1.62. The van der Waals surface area contributed by atoms with E-state index in [0.29, 0.717) is 30.0 Å². The van der Waals surface area contributed by atoms with Gasteiger partial charge in [-0.05, 0) is 30.2 Å². The van der Waals surface area contributed by atoms with Crippen LogP contribution in [0.15, 0.2) is 54.6 Å². The third-order valence-electron chi connectivity index (χ3n) is 4.27. The quantitative estimate of drug-likeness (QED) is 0.650. The summed E-state index contributed by atoms with van der Waals surface area (Å²) in [5.74, 6) is 0.700. The van der Waals surface area contributed by atoms with Crippen LogP contribution in [0.1, 0.15) is 34.1 Å². The molecule has 6 nitrogen and oxygen atoms in total. The Kier molecular flexibility index (Phi) is 5.76. The summed E-state index contributed by atoms with van der Waals surface area (Å²) >= 11 is 0. The maximum absolute atomic E-state index is 12.6. The highest BCUT2D eigenvalue weighted by Gasteiger charge is 2.23. The van der Waals surface area contributed by atoms with Crippen molar-refractivity contribution in [2.75, 3.05) is 19.5 Å². The molecule has 0 saturated carbocycles. The minimum absolute atomic E-state index is 0.289. The number of hydrogen-bond acceptors (Lipinski definition) is 5. The number of carbonyl (C=O) groups excluding carboxylic acids is 1. The van der Waals surface area contributed by atoms with Gasteiger partial charge in [0.25, 0.3) is 0 Å². The minimum atomic E-state index is -0.416. The zero-order chi connectivity index (χ0) is 19.2. The Balaban J connectivity index is 1.96. The second kappa shape index (κ2) is 8.40. The predicted molar refractivity (Wildman–Crippen MR) is 104 cm³/mol. The molecule has 6 heteroatoms. The number of esters is 1. The van der Waals surface area contributed by atoms with Gasteiger partial charge in [-0.1, -0.05) is 42.5 Å². The number of benzene rings is 2. The van der Waals surface area contributed by atoms with E-state index in [0.717, 1.165) is 16.9 Å². The number of nitrogens with zero attached hydrogens (tertiary/aromatic N) is 2. The number of hydrogen-bond donors (Lipinski definition) is 1. The van der Waals surface area contributed by atoms with Crippen molar-refractivity contribution in [3.8, 4) is 5.75 Å². The molecule has 0 fully saturated rings. The van der Waals surface area contributed by atoms with Crippen LogP contribution in [0.25, 0.3) is 0 Å². The average Bonchev–Trinajstić information content (AvgIpc) is 2.98. The average molecular weight is 365 g/mol. The van der Waals surface area contributed by atoms with Crippen LogP contribution in [0, 0.1) is 0 Å². The van der Waals surface area contributed by atoms with Crippen molar-refractivity contribution in [1.82, 2.24) is 9.78 Å². The lowest BCUT2D eigenvalue weighted by Gasteiger charge is -2.10. The fraction of sp³-hybridized carbons (Fsp3) is 0.238. The Labute approximate surface area is 158 Å². The Bertz CT molecular complexity index is 902. The molecule has 140 valence electrons. The lowest BCUT2D eigenvalue weighted by Crippen LogP contribution is -2.16. The summed E-state index contributed by atoms with van der Waals surface area (Å²) in [6, 6.07) is 17.5. The Morgan fingerprint density at radius 3 is 2.41 bits per heavy atom. The number of ether oxygens (including phenoxy) is 2. The van der Waals surface area contributed by atoms with Crippen molar-refractivity contribution in [2.45, 2.75) is 19.9 Å². The van der Waals surface area contributed by atoms with Gasteiger partial charge in [-0.3, -0.25) is 4.68 Å². The summed E-state index contributed by atoms with van der Waals surface area (Å²) < 4.78 is 12.1. The van der Waals surface area contributed by atoms with Crippen molar-refractivity contribution in [1.29, 1.82) is 0 Å². The van der Waals surface area contributed by atoms with E-state index in [4.69, 9.17) is 15.2 Å². The van der Waals surface area contributed by atoms with Gasteiger partial charge in [-0.15, -0.1) is 0 Å². The molecule has 2 N–H and O–H groups in total. The molecular weight excluding hydrogens is 342 g/mol. The van der Waals surface area contributed by atoms with Crippen molar-refractivity contribution in [2.24, 2.45) is 0 Å². The Hall–Kier alpha value is -3.28. The van der Waals surface area contributed by atoms with Crippen molar-refractivity contribution >= 4 is 11.8 Å². The normalized spacial score (nSPS) is 10.6. The highest BCUT2D eigenvalue weighted by molar-refractivity contribution is 5.91. The van der Waals surface area contributed by atoms with Gasteiger partial charge in [0.2, 0.25) is 0 Å². The highest BCUT2D eigenvalue weighted by Crippen LogP contribution is 2.23. The second-order valence-corrected chi connectivity index (χ2v) is 6.10. The number of anilines is 1. The second-order valence-electron chi connectivity index (χ2n) is 6.10. The van der Waals surface area contributed by atoms with E-state index in [1.54, 1.807) is 18.7 Å². The molecule has 3 rings (SSSR count). The van der Waals surface area contributed by atoms with E-state index in [2.05, 4.69) is 5.10 Å². The lowest BCUT2D eigenvalue weighted by molar-refractivity contribution is 0.0511. The first-order chi connectivity index (χ1) is 13.1. The minimum Gasteiger partial charge on any atom is -0.497 e. The van der Waals surface area contributed by atoms with Crippen molar-refractivity contribution in [3.05, 3.63) is 77.0 Å². The summed E-state index contributed by atoms with van der Waals surface area (Å²) in [6.07, 6.45) is 0.517. The molecule has 0 amide bonds. The molecule has 0 bridgehead atoms. The van der Waals surface area contributed by atoms with Crippen molar-refractivity contribution in [3.63, 3.8) is 0 Å². The van der Waals surface area contributed by atoms with E-state index in [-0.39, 0.29) is 6.61 Å². The zero-order valence-electron chi connectivity index (χ0n) is 15.5. The van der Waals surface area contributed by atoms with Crippen LogP contribution in [-0.2, 0) is 17.7 Å². The molecule has 3 aromatic rings. The molecule has 0 spiro atoms. The van der Waals surface area contributed by atoms with Crippen LogP contribution in [0.3, 0.4) is 0 Å². The van der Waals surface area contributed by atoms with E-state index in [1.165, 1.54) is 0 Å². The number of aromatic nitrogens is 2. The van der Waals surface area contributed by atoms with Gasteiger partial charge in [0.1, 0.15) is 11.6 Å². The number of rotatable bonds is 7. The molecule has 0 aliphatic carbocycles. The first kappa shape index (κ1) is 18.5. The van der Waals surface area contributed by atoms with Crippen LogP contribution in [0.5, 0.6) is 5.75 Å². The standard InChI is InChI=1S/C21H23N3O3/c1-3-27-21(25)19-18(13-15-7-5-4-6-8-15)20(22)23-24(19)14-16-9-11-17(26-2)12-10-16/h4-12H,3,13-14H2,1-2H3,(H2,22,23). The topological polar surface area (TPSA) is 79.4 Å². The molecule has 2 aromatic carbocycles. The molecule has 27 heavy (non-hydrogen) atoms. The number of nitrogen functional groups attached to an aromatic ring is 1. The largest absolute Gasteiger partial charge is 0.497 e. The van der Waals surface area contributed by atoms with Crippen molar-refractivity contribution < 1.29 is 14.3 Å². The van der Waals surface area contributed by atoms with E-state index in [9.17, 15) is 4.79 Å². The molecular formula is C21H23N3O3. The van der Waals surface area contributed by atoms with Crippen LogP contribution >= 0.6 is 0 Å². The first-order valence-electron chi connectivity index (χ1n) is 8.81.